The van der Waals surface area contributed by atoms with E-state index in [-0.39, 0.29) is 17.3 Å². The fourth-order valence-corrected chi connectivity index (χ4v) is 2.79. The Kier molecular flexibility index (Phi) is 2.52. The molecule has 1 N–H and O–H groups in total. The summed E-state index contributed by atoms with van der Waals surface area (Å²) in [6.07, 6.45) is 2.19. The van der Waals surface area contributed by atoms with Gasteiger partial charge in [0.2, 0.25) is 0 Å². The van der Waals surface area contributed by atoms with Gasteiger partial charge in [-0.05, 0) is 44.2 Å². The van der Waals surface area contributed by atoms with Gasteiger partial charge in [-0.1, -0.05) is 6.92 Å². The number of piperidine rings is 1. The molecule has 1 aliphatic carbocycles. The lowest BCUT2D eigenvalue weighted by atomic mass is 9.82. The minimum Gasteiger partial charge on any atom is -0.466 e. The third-order valence-corrected chi connectivity index (χ3v) is 3.89. The number of carbonyl (C=O) groups excluding carboxylic acids is 1. The molecule has 2 fully saturated rings. The van der Waals surface area contributed by atoms with Crippen molar-refractivity contribution in [2.75, 3.05) is 19.7 Å². The van der Waals surface area contributed by atoms with Crippen LogP contribution in [0.25, 0.3) is 0 Å². The van der Waals surface area contributed by atoms with Crippen molar-refractivity contribution in [3.8, 4) is 0 Å². The second-order valence-electron chi connectivity index (χ2n) is 4.60. The quantitative estimate of drug-likeness (QED) is 0.676. The summed E-state index contributed by atoms with van der Waals surface area (Å²) in [5.41, 5.74) is 0.289. The molecule has 2 aliphatic rings. The van der Waals surface area contributed by atoms with Crippen molar-refractivity contribution >= 4 is 5.97 Å². The minimum atomic E-state index is 0.0289. The second kappa shape index (κ2) is 3.54. The fourth-order valence-electron chi connectivity index (χ4n) is 2.79. The molecule has 0 aromatic rings. The predicted octanol–water partition coefficient (Wildman–Crippen LogP) is 1.19. The van der Waals surface area contributed by atoms with Crippen molar-refractivity contribution < 1.29 is 9.53 Å². The highest BCUT2D eigenvalue weighted by atomic mass is 16.5. The van der Waals surface area contributed by atoms with Crippen LogP contribution in [0.1, 0.15) is 26.7 Å². The number of carbonyl (C=O) groups is 1. The maximum absolute atomic E-state index is 11.6. The van der Waals surface area contributed by atoms with Crippen LogP contribution in [0.3, 0.4) is 0 Å². The Morgan fingerprint density at radius 2 is 2.43 bits per heavy atom. The lowest BCUT2D eigenvalue weighted by Crippen LogP contribution is -2.38. The van der Waals surface area contributed by atoms with E-state index in [1.165, 1.54) is 0 Å². The SMILES string of the molecule is CCOC(=O)C1CC12CCNCC2C. The minimum absolute atomic E-state index is 0.0289. The van der Waals surface area contributed by atoms with E-state index < -0.39 is 0 Å². The van der Waals surface area contributed by atoms with Gasteiger partial charge in [-0.15, -0.1) is 0 Å². The van der Waals surface area contributed by atoms with Gasteiger partial charge in [-0.25, -0.2) is 0 Å². The first-order valence-corrected chi connectivity index (χ1v) is 5.58. The second-order valence-corrected chi connectivity index (χ2v) is 4.60. The summed E-state index contributed by atoms with van der Waals surface area (Å²) in [5.74, 6) is 0.839. The molecule has 0 bridgehead atoms. The standard InChI is InChI=1S/C11H19NO2/c1-3-14-10(13)9-6-11(9)4-5-12-7-8(11)2/h8-9,12H,3-7H2,1-2H3. The third kappa shape index (κ3) is 1.44. The zero-order valence-corrected chi connectivity index (χ0v) is 9.01. The number of ether oxygens (including phenoxy) is 1. The first-order valence-electron chi connectivity index (χ1n) is 5.58. The molecule has 1 spiro atoms. The molecule has 3 nitrogen and oxygen atoms in total. The normalized spacial score (nSPS) is 41.0. The highest BCUT2D eigenvalue weighted by molar-refractivity contribution is 5.77. The Balaban J connectivity index is 1.97. The maximum Gasteiger partial charge on any atom is 0.309 e. The molecule has 0 aromatic carbocycles. The van der Waals surface area contributed by atoms with Crippen LogP contribution in [0.4, 0.5) is 0 Å². The maximum atomic E-state index is 11.6. The molecule has 1 aliphatic heterocycles. The summed E-state index contributed by atoms with van der Waals surface area (Å²) >= 11 is 0. The van der Waals surface area contributed by atoms with E-state index in [1.54, 1.807) is 0 Å². The Hall–Kier alpha value is -0.570. The molecule has 0 amide bonds. The average molecular weight is 197 g/mol. The van der Waals surface area contributed by atoms with Crippen molar-refractivity contribution in [3.63, 3.8) is 0 Å². The number of esters is 1. The van der Waals surface area contributed by atoms with Gasteiger partial charge in [-0.2, -0.15) is 0 Å². The number of hydrogen-bond donors (Lipinski definition) is 1. The monoisotopic (exact) mass is 197 g/mol. The first kappa shape index (κ1) is 9.97. The van der Waals surface area contributed by atoms with Crippen LogP contribution in [-0.4, -0.2) is 25.7 Å². The van der Waals surface area contributed by atoms with Gasteiger partial charge < -0.3 is 10.1 Å². The zero-order valence-electron chi connectivity index (χ0n) is 9.01. The molecule has 2 rings (SSSR count). The van der Waals surface area contributed by atoms with E-state index >= 15 is 0 Å². The Morgan fingerprint density at radius 3 is 3.07 bits per heavy atom. The topological polar surface area (TPSA) is 38.3 Å². The van der Waals surface area contributed by atoms with Crippen molar-refractivity contribution in [2.45, 2.75) is 26.7 Å². The summed E-state index contributed by atoms with van der Waals surface area (Å²) in [5, 5.41) is 3.37. The number of nitrogens with one attached hydrogen (secondary N) is 1. The van der Waals surface area contributed by atoms with Gasteiger partial charge >= 0.3 is 5.97 Å². The van der Waals surface area contributed by atoms with E-state index in [1.807, 2.05) is 6.92 Å². The van der Waals surface area contributed by atoms with Gasteiger partial charge in [-0.3, -0.25) is 4.79 Å². The summed E-state index contributed by atoms with van der Waals surface area (Å²) < 4.78 is 5.08. The predicted molar refractivity (Wildman–Crippen MR) is 53.8 cm³/mol. The van der Waals surface area contributed by atoms with Crippen molar-refractivity contribution in [2.24, 2.45) is 17.3 Å². The molecule has 1 saturated carbocycles. The van der Waals surface area contributed by atoms with Crippen LogP contribution < -0.4 is 5.32 Å². The molecule has 3 unspecified atom stereocenters. The molecule has 0 radical (unpaired) electrons. The zero-order chi connectivity index (χ0) is 10.2. The Labute approximate surface area is 85.2 Å². The Morgan fingerprint density at radius 1 is 1.64 bits per heavy atom. The van der Waals surface area contributed by atoms with Crippen LogP contribution in [-0.2, 0) is 9.53 Å². The molecule has 3 atom stereocenters. The fraction of sp³-hybridized carbons (Fsp3) is 0.909. The van der Waals surface area contributed by atoms with Crippen LogP contribution >= 0.6 is 0 Å². The van der Waals surface area contributed by atoms with Gasteiger partial charge in [0, 0.05) is 0 Å². The number of rotatable bonds is 2. The van der Waals surface area contributed by atoms with E-state index in [0.717, 1.165) is 25.9 Å². The largest absolute Gasteiger partial charge is 0.466 e. The van der Waals surface area contributed by atoms with Crippen LogP contribution in [0.5, 0.6) is 0 Å². The molecule has 80 valence electrons. The third-order valence-electron chi connectivity index (χ3n) is 3.89. The molecule has 1 saturated heterocycles. The molecular formula is C11H19NO2. The van der Waals surface area contributed by atoms with Crippen molar-refractivity contribution in [1.29, 1.82) is 0 Å². The van der Waals surface area contributed by atoms with E-state index in [9.17, 15) is 4.79 Å². The van der Waals surface area contributed by atoms with E-state index in [0.29, 0.717) is 12.5 Å². The first-order chi connectivity index (χ1) is 6.70. The molecule has 14 heavy (non-hydrogen) atoms. The smallest absolute Gasteiger partial charge is 0.309 e. The lowest BCUT2D eigenvalue weighted by molar-refractivity contribution is -0.146. The Bertz CT molecular complexity index is 241. The summed E-state index contributed by atoms with van der Waals surface area (Å²) in [6.45, 7) is 6.73. The van der Waals surface area contributed by atoms with Gasteiger partial charge in [0.1, 0.15) is 0 Å². The average Bonchev–Trinajstić information content (AvgIpc) is 2.87. The van der Waals surface area contributed by atoms with E-state index in [4.69, 9.17) is 4.74 Å². The van der Waals surface area contributed by atoms with Gasteiger partial charge in [0.25, 0.3) is 0 Å². The van der Waals surface area contributed by atoms with Crippen molar-refractivity contribution in [3.05, 3.63) is 0 Å². The molecule has 3 heteroatoms. The lowest BCUT2D eigenvalue weighted by Gasteiger charge is -2.30. The summed E-state index contributed by atoms with van der Waals surface area (Å²) in [4.78, 5) is 11.6. The molecule has 1 heterocycles. The van der Waals surface area contributed by atoms with Crippen LogP contribution in [0.15, 0.2) is 0 Å². The number of hydrogen-bond acceptors (Lipinski definition) is 3. The highest BCUT2D eigenvalue weighted by Crippen LogP contribution is 2.61. The van der Waals surface area contributed by atoms with E-state index in [2.05, 4.69) is 12.2 Å². The van der Waals surface area contributed by atoms with Gasteiger partial charge in [0.15, 0.2) is 0 Å². The van der Waals surface area contributed by atoms with Crippen LogP contribution in [0.2, 0.25) is 0 Å². The summed E-state index contributed by atoms with van der Waals surface area (Å²) in [6, 6.07) is 0. The van der Waals surface area contributed by atoms with Crippen LogP contribution in [0, 0.1) is 17.3 Å². The summed E-state index contributed by atoms with van der Waals surface area (Å²) in [7, 11) is 0. The van der Waals surface area contributed by atoms with Gasteiger partial charge in [0.05, 0.1) is 12.5 Å². The van der Waals surface area contributed by atoms with Crippen molar-refractivity contribution in [1.82, 2.24) is 5.32 Å². The highest BCUT2D eigenvalue weighted by Gasteiger charge is 2.61. The molecular weight excluding hydrogens is 178 g/mol. The molecule has 0 aromatic heterocycles.